The number of H-pyrrole nitrogens is 7. The number of non-ortho nitro benzene ring substituents is 3. The van der Waals surface area contributed by atoms with Gasteiger partial charge in [-0.1, -0.05) is 12.1 Å². The lowest BCUT2D eigenvalue weighted by molar-refractivity contribution is -0.385. The van der Waals surface area contributed by atoms with Gasteiger partial charge in [-0.2, -0.15) is 0 Å². The van der Waals surface area contributed by atoms with Crippen LogP contribution in [0.5, 0.6) is 23.0 Å². The van der Waals surface area contributed by atoms with Crippen molar-refractivity contribution in [2.75, 3.05) is 161 Å². The quantitative estimate of drug-likeness (QED) is 0.0192. The smallest absolute Gasteiger partial charge is 0.411 e. The molecule has 14 aromatic rings. The third kappa shape index (κ3) is 25.6. The molecule has 0 saturated carbocycles. The number of nitro benzene ring substituents is 3. The Morgan fingerprint density at radius 2 is 0.765 bits per heavy atom. The van der Waals surface area contributed by atoms with E-state index >= 15 is 0 Å². The number of imidazole rings is 7. The van der Waals surface area contributed by atoms with Crippen molar-refractivity contribution in [1.29, 1.82) is 0 Å². The van der Waals surface area contributed by atoms with Crippen molar-refractivity contribution < 1.29 is 52.8 Å². The number of thioether (sulfide) groups is 3. The number of nitrogens with zero attached hydrogens (tertiary/aromatic N) is 17. The first-order valence-electron chi connectivity index (χ1n) is 43.6. The molecular formula is C92H103N27O14S3. The average Bonchev–Trinajstić information content (AvgIpc) is 0.795. The Morgan fingerprint density at radius 3 is 1.24 bits per heavy atom. The van der Waals surface area contributed by atoms with Crippen molar-refractivity contribution >= 4 is 121 Å². The summed E-state index contributed by atoms with van der Waals surface area (Å²) in [6.45, 7) is 17.5. The summed E-state index contributed by atoms with van der Waals surface area (Å²) < 4.78 is 31.9. The Morgan fingerprint density at radius 1 is 0.390 bits per heavy atom. The van der Waals surface area contributed by atoms with Crippen LogP contribution >= 0.6 is 35.3 Å². The second kappa shape index (κ2) is 46.7. The molecule has 44 heteroatoms. The molecule has 21 rings (SSSR count). The minimum Gasteiger partial charge on any atom is -0.491 e. The molecule has 708 valence electrons. The standard InChI is InChI=1S/C15H18N4O3.C14H16N4O2S.3C13H14N4O3.C12H14N4S.C12H13N3S/c1-10-5-11(18-15(20)21-2)6-13-14(10)22-4-3-19(13)8-12-7-16-9-17-12;1-20-14(19)17-10-2-3-13-12(6-10)18(4-5-21-13)8-11-7-15-9-16-11;1-9-4-11(17(18)19)5-12-13(9)20-3-2-16(12)7-10-6-14-8-15-10;18-17(19)11-2-3-13-12(6-11)16(4-1-5-20-13)8-10-7-14-9-15-10;18-17(19)11-1-2-13-12(7-11)16(5-6-20-13)4-3-10-8-14-9-15-10;13-9-1-2-12-11(5-9)16(3-4-17-12)7-10-6-14-8-15-10;1-2-4-12-11(3-1)15(5-6-16-12)8-10-7-13-9-14-10/h5-7,9H,3-4,8H2,1-2H3,(H,16,17)(H,18,20);2-3,6-7,9H,4-5,8H2,1H3,(H,15,16)(H,17,19);4-6,8H,2-3,7H2,1H3,(H,14,15);2-3,6-7,9H,1,4-5,8H2,(H,14,15);1-2,7-9H,3-6H2,(H,14,15);1-2,5-6,8H,3-4,7,13H2,(H,14,15);1-4,7,9H,5-6,8H2,(H,13,14). The average molecular weight is 1910 g/mol. The molecule has 11 N–H and O–H groups in total. The molecule has 0 spiro atoms. The topological polar surface area (TPSA) is 492 Å². The van der Waals surface area contributed by atoms with E-state index in [1.54, 1.807) is 105 Å². The summed E-state index contributed by atoms with van der Waals surface area (Å²) in [6, 6.07) is 36.9. The number of para-hydroxylation sites is 1. The number of hydrogen-bond donors (Lipinski definition) is 10. The third-order valence-electron chi connectivity index (χ3n) is 22.3. The van der Waals surface area contributed by atoms with Crippen LogP contribution in [0, 0.1) is 44.2 Å². The van der Waals surface area contributed by atoms with Crippen molar-refractivity contribution in [3.05, 3.63) is 290 Å². The summed E-state index contributed by atoms with van der Waals surface area (Å²) >= 11 is 5.66. The first kappa shape index (κ1) is 95.0. The molecule has 14 heterocycles. The molecule has 2 amide bonds. The van der Waals surface area contributed by atoms with Crippen LogP contribution in [0.2, 0.25) is 0 Å². The van der Waals surface area contributed by atoms with Gasteiger partial charge < -0.3 is 103 Å². The predicted molar refractivity (Wildman–Crippen MR) is 522 cm³/mol. The number of carbonyl (C=O) groups excluding carboxylic acids is 2. The summed E-state index contributed by atoms with van der Waals surface area (Å²) in [5, 5.41) is 38.2. The summed E-state index contributed by atoms with van der Waals surface area (Å²) in [6.07, 6.45) is 25.1. The molecule has 136 heavy (non-hydrogen) atoms. The lowest BCUT2D eigenvalue weighted by Crippen LogP contribution is -2.34. The van der Waals surface area contributed by atoms with Crippen molar-refractivity contribution in [2.24, 2.45) is 0 Å². The molecule has 0 aliphatic carbocycles. The van der Waals surface area contributed by atoms with Crippen LogP contribution in [0.3, 0.4) is 0 Å². The number of nitro groups is 3. The highest BCUT2D eigenvalue weighted by Crippen LogP contribution is 2.44. The number of aromatic nitrogens is 14. The minimum absolute atomic E-state index is 0.0730. The van der Waals surface area contributed by atoms with Crippen molar-refractivity contribution in [1.82, 2.24) is 69.8 Å². The van der Waals surface area contributed by atoms with Crippen LogP contribution in [0.15, 0.2) is 224 Å². The Labute approximate surface area is 794 Å². The molecular weight excluding hydrogens is 1800 g/mol. The monoisotopic (exact) mass is 1910 g/mol. The highest BCUT2D eigenvalue weighted by Gasteiger charge is 2.29. The Balaban J connectivity index is 0.000000121. The van der Waals surface area contributed by atoms with Crippen molar-refractivity contribution in [2.45, 2.75) is 80.6 Å². The summed E-state index contributed by atoms with van der Waals surface area (Å²) in [4.78, 5) is 124. The van der Waals surface area contributed by atoms with Gasteiger partial charge in [-0.15, -0.1) is 35.3 Å². The van der Waals surface area contributed by atoms with Gasteiger partial charge in [0.25, 0.3) is 17.1 Å². The van der Waals surface area contributed by atoms with Crippen LogP contribution in [-0.2, 0) is 55.2 Å². The number of nitrogens with one attached hydrogen (secondary N) is 9. The van der Waals surface area contributed by atoms with Crippen LogP contribution in [0.25, 0.3) is 0 Å². The number of carbonyl (C=O) groups is 2. The number of aryl methyl sites for hydroxylation is 2. The number of nitrogens with two attached hydrogens (primary N) is 1. The first-order chi connectivity index (χ1) is 66.3. The lowest BCUT2D eigenvalue weighted by atomic mass is 10.1. The molecule has 0 unspecified atom stereocenters. The van der Waals surface area contributed by atoms with Crippen LogP contribution in [0.1, 0.15) is 57.4 Å². The zero-order chi connectivity index (χ0) is 94.7. The molecule has 41 nitrogen and oxygen atoms in total. The van der Waals surface area contributed by atoms with Crippen LogP contribution in [-0.4, -0.2) is 207 Å². The van der Waals surface area contributed by atoms with Gasteiger partial charge in [0, 0.05) is 174 Å². The number of aromatic amines is 7. The first-order valence-corrected chi connectivity index (χ1v) is 46.6. The fraction of sp³-hybridized carbons (Fsp3) is 0.293. The van der Waals surface area contributed by atoms with E-state index < -0.39 is 12.2 Å². The molecule has 0 atom stereocenters. The van der Waals surface area contributed by atoms with Gasteiger partial charge in [0.05, 0.1) is 213 Å². The number of nitrogen functional groups attached to an aromatic ring is 1. The number of ether oxygens (including phenoxy) is 6. The van der Waals surface area contributed by atoms with E-state index in [4.69, 9.17) is 24.7 Å². The molecule has 0 radical (unpaired) electrons. The maximum absolute atomic E-state index is 11.4. The van der Waals surface area contributed by atoms with E-state index in [1.807, 2.05) is 104 Å². The van der Waals surface area contributed by atoms with Gasteiger partial charge in [-0.05, 0) is 104 Å². The number of hydrogen-bond acceptors (Lipinski definition) is 32. The van der Waals surface area contributed by atoms with E-state index in [2.05, 4.69) is 161 Å². The molecule has 7 aromatic carbocycles. The number of benzene rings is 7. The van der Waals surface area contributed by atoms with Gasteiger partial charge in [0.1, 0.15) is 42.8 Å². The Kier molecular flexibility index (Phi) is 32.6. The molecule has 0 fully saturated rings. The third-order valence-corrected chi connectivity index (χ3v) is 25.4. The normalized spacial score (nSPS) is 14.0. The predicted octanol–water partition coefficient (Wildman–Crippen LogP) is 15.5. The van der Waals surface area contributed by atoms with Gasteiger partial charge in [-0.25, -0.2) is 44.5 Å². The van der Waals surface area contributed by atoms with Crippen LogP contribution in [0.4, 0.5) is 83.5 Å². The SMILES string of the molecule is COC(=O)Nc1cc(C)c2c(c1)N(Cc1cnc[nH]1)CCO2.COC(=O)Nc1ccc2c(c1)N(Cc1cnc[nH]1)CCS2.Cc1cc([N+](=O)[O-])cc2c1OCCN2Cc1cnc[nH]1.Nc1ccc2c(c1)N(Cc1cnc[nH]1)CCS2.O=[N+]([O-])c1ccc2c(c1)N(CCc1cnc[nH]1)CCO2.O=[N+]([O-])c1ccc2c(c1)N(Cc1cnc[nH]1)CCCO2.c1ccc2c(c1)SCCN2Cc1cnc[nH]1. The lowest BCUT2D eigenvalue weighted by Gasteiger charge is -2.32. The van der Waals surface area contributed by atoms with Crippen LogP contribution < -0.4 is 69.6 Å². The second-order valence-corrected chi connectivity index (χ2v) is 34.9. The number of rotatable bonds is 20. The van der Waals surface area contributed by atoms with E-state index in [9.17, 15) is 39.9 Å². The summed E-state index contributed by atoms with van der Waals surface area (Å²) in [5.41, 5.74) is 24.4. The number of fused-ring (bicyclic) bond motifs is 7. The minimum atomic E-state index is -0.490. The highest BCUT2D eigenvalue weighted by molar-refractivity contribution is 8.00. The molecule has 7 aliphatic rings. The number of anilines is 10. The highest BCUT2D eigenvalue weighted by atomic mass is 32.2. The largest absolute Gasteiger partial charge is 0.491 e. The second-order valence-electron chi connectivity index (χ2n) is 31.5. The molecule has 7 aliphatic heterocycles. The number of amides is 2. The Hall–Kier alpha value is -15.6. The number of methoxy groups -OCH3 is 2. The zero-order valence-electron chi connectivity index (χ0n) is 75.0. The van der Waals surface area contributed by atoms with Gasteiger partial charge in [0.2, 0.25) is 0 Å². The van der Waals surface area contributed by atoms with E-state index in [-0.39, 0.29) is 31.8 Å². The van der Waals surface area contributed by atoms with Crippen molar-refractivity contribution in [3.63, 3.8) is 0 Å². The zero-order valence-corrected chi connectivity index (χ0v) is 77.5. The maximum Gasteiger partial charge on any atom is 0.411 e. The van der Waals surface area contributed by atoms with Gasteiger partial charge in [-0.3, -0.25) is 41.0 Å². The maximum atomic E-state index is 11.4. The summed E-state index contributed by atoms with van der Waals surface area (Å²) in [5.74, 6) is 6.28. The van der Waals surface area contributed by atoms with E-state index in [1.165, 1.54) is 58.1 Å². The van der Waals surface area contributed by atoms with Crippen molar-refractivity contribution in [3.8, 4) is 23.0 Å². The fourth-order valence-corrected chi connectivity index (χ4v) is 18.9. The molecule has 7 aromatic heterocycles. The molecule has 0 bridgehead atoms. The van der Waals surface area contributed by atoms with E-state index in [0.717, 1.165) is 192 Å². The Bertz CT molecular complexity index is 6250. The summed E-state index contributed by atoms with van der Waals surface area (Å²) in [7, 11) is 2.70. The van der Waals surface area contributed by atoms with E-state index in [0.29, 0.717) is 69.8 Å². The fourth-order valence-electron chi connectivity index (χ4n) is 15.8. The van der Waals surface area contributed by atoms with Gasteiger partial charge in [0.15, 0.2) is 0 Å². The van der Waals surface area contributed by atoms with Gasteiger partial charge >= 0.3 is 12.2 Å². The molecule has 0 saturated heterocycles.